The van der Waals surface area contributed by atoms with Crippen molar-refractivity contribution in [1.82, 2.24) is 0 Å². The van der Waals surface area contributed by atoms with Crippen LogP contribution in [0.25, 0.3) is 0 Å². The van der Waals surface area contributed by atoms with Gasteiger partial charge in [0.05, 0.1) is 0 Å². The first kappa shape index (κ1) is 10.0. The fraction of sp³-hybridized carbons (Fsp3) is 1.00. The molecule has 2 N–H and O–H groups in total. The van der Waals surface area contributed by atoms with E-state index in [4.69, 9.17) is 10.5 Å². The molecule has 1 fully saturated rings. The summed E-state index contributed by atoms with van der Waals surface area (Å²) in [6.45, 7) is 6.10. The van der Waals surface area contributed by atoms with Gasteiger partial charge in [-0.25, -0.2) is 0 Å². The summed E-state index contributed by atoms with van der Waals surface area (Å²) in [6.07, 6.45) is 4.90. The van der Waals surface area contributed by atoms with Crippen molar-refractivity contribution < 1.29 is 4.74 Å². The molecule has 0 bridgehead atoms. The Hall–Kier alpha value is -0.0800. The molecule has 0 aromatic heterocycles. The topological polar surface area (TPSA) is 35.2 Å². The molecule has 1 saturated heterocycles. The minimum Gasteiger partial charge on any atom is -0.381 e. The van der Waals surface area contributed by atoms with Crippen LogP contribution in [0.5, 0.6) is 0 Å². The van der Waals surface area contributed by atoms with Crippen LogP contribution in [0.15, 0.2) is 0 Å². The van der Waals surface area contributed by atoms with Crippen LogP contribution in [-0.4, -0.2) is 18.8 Å². The molecule has 0 radical (unpaired) electrons. The number of hydrogen-bond acceptors (Lipinski definition) is 2. The van der Waals surface area contributed by atoms with Crippen molar-refractivity contribution in [3.63, 3.8) is 0 Å². The van der Waals surface area contributed by atoms with Crippen molar-refractivity contribution in [2.24, 2.45) is 11.7 Å². The molecule has 0 aromatic carbocycles. The smallest absolute Gasteiger partial charge is 0.0494 e. The highest BCUT2D eigenvalue weighted by Gasteiger charge is 2.17. The van der Waals surface area contributed by atoms with E-state index in [2.05, 4.69) is 13.8 Å². The van der Waals surface area contributed by atoms with Crippen molar-refractivity contribution in [2.75, 3.05) is 13.2 Å². The Labute approximate surface area is 75.5 Å². The molecule has 1 aliphatic heterocycles. The lowest BCUT2D eigenvalue weighted by Crippen LogP contribution is -2.33. The van der Waals surface area contributed by atoms with E-state index in [0.29, 0.717) is 0 Å². The lowest BCUT2D eigenvalue weighted by Gasteiger charge is -2.25. The van der Waals surface area contributed by atoms with Gasteiger partial charge >= 0.3 is 0 Å². The highest BCUT2D eigenvalue weighted by molar-refractivity contribution is 4.74. The summed E-state index contributed by atoms with van der Waals surface area (Å²) in [5.41, 5.74) is 5.91. The van der Waals surface area contributed by atoms with Crippen LogP contribution >= 0.6 is 0 Å². The van der Waals surface area contributed by atoms with E-state index >= 15 is 0 Å². The van der Waals surface area contributed by atoms with Crippen LogP contribution in [0, 0.1) is 5.92 Å². The van der Waals surface area contributed by atoms with Crippen molar-refractivity contribution in [1.29, 1.82) is 0 Å². The third-order valence-corrected chi connectivity index (χ3v) is 2.45. The molecule has 1 unspecified atom stereocenters. The molecule has 0 aliphatic carbocycles. The zero-order chi connectivity index (χ0) is 9.03. The maximum atomic E-state index is 5.91. The first-order chi connectivity index (χ1) is 5.58. The second kappa shape index (κ2) is 4.24. The van der Waals surface area contributed by atoms with Gasteiger partial charge in [0.2, 0.25) is 0 Å². The van der Waals surface area contributed by atoms with Crippen LogP contribution in [0.2, 0.25) is 0 Å². The van der Waals surface area contributed by atoms with E-state index in [9.17, 15) is 0 Å². The summed E-state index contributed by atoms with van der Waals surface area (Å²) in [5.74, 6) is 0.765. The van der Waals surface area contributed by atoms with Gasteiger partial charge in [-0.15, -0.1) is 0 Å². The third-order valence-electron chi connectivity index (χ3n) is 2.45. The van der Waals surface area contributed by atoms with Crippen LogP contribution in [-0.2, 0) is 4.74 Å². The predicted octanol–water partition coefficient (Wildman–Crippen LogP) is 1.93. The van der Waals surface area contributed by atoms with Gasteiger partial charge in [0, 0.05) is 18.8 Å². The van der Waals surface area contributed by atoms with Crippen molar-refractivity contribution in [3.8, 4) is 0 Å². The Morgan fingerprint density at radius 2 is 2.25 bits per heavy atom. The zero-order valence-electron chi connectivity index (χ0n) is 8.31. The summed E-state index contributed by atoms with van der Waals surface area (Å²) in [7, 11) is 0. The lowest BCUT2D eigenvalue weighted by atomic mass is 9.90. The molecule has 1 atom stereocenters. The summed E-state index contributed by atoms with van der Waals surface area (Å²) in [6, 6.07) is 0. The lowest BCUT2D eigenvalue weighted by molar-refractivity contribution is 0.0491. The van der Waals surface area contributed by atoms with Gasteiger partial charge in [-0.05, 0) is 45.4 Å². The molecular weight excluding hydrogens is 150 g/mol. The minimum atomic E-state index is -0.00253. The predicted molar refractivity (Wildman–Crippen MR) is 51.0 cm³/mol. The third kappa shape index (κ3) is 4.07. The summed E-state index contributed by atoms with van der Waals surface area (Å²) in [4.78, 5) is 0. The van der Waals surface area contributed by atoms with Gasteiger partial charge in [-0.3, -0.25) is 0 Å². The number of rotatable bonds is 3. The van der Waals surface area contributed by atoms with Gasteiger partial charge < -0.3 is 10.5 Å². The molecule has 12 heavy (non-hydrogen) atoms. The van der Waals surface area contributed by atoms with Gasteiger partial charge in [0.1, 0.15) is 0 Å². The molecule has 72 valence electrons. The molecule has 0 spiro atoms. The van der Waals surface area contributed by atoms with E-state index in [1.165, 1.54) is 19.3 Å². The average molecular weight is 171 g/mol. The van der Waals surface area contributed by atoms with Gasteiger partial charge in [0.15, 0.2) is 0 Å². The minimum absolute atomic E-state index is 0.00253. The molecule has 2 nitrogen and oxygen atoms in total. The Kier molecular flexibility index (Phi) is 3.53. The molecule has 1 aliphatic rings. The summed E-state index contributed by atoms with van der Waals surface area (Å²) < 4.78 is 5.41. The largest absolute Gasteiger partial charge is 0.381 e. The number of hydrogen-bond donors (Lipinski definition) is 1. The van der Waals surface area contributed by atoms with E-state index in [1.807, 2.05) is 0 Å². The maximum Gasteiger partial charge on any atom is 0.0494 e. The molecule has 0 aromatic rings. The first-order valence-corrected chi connectivity index (χ1v) is 4.94. The van der Waals surface area contributed by atoms with Gasteiger partial charge in [-0.2, -0.15) is 0 Å². The summed E-state index contributed by atoms with van der Waals surface area (Å²) in [5, 5.41) is 0. The SMILES string of the molecule is CC(C)(N)CCC1CCCOC1. The molecule has 0 saturated carbocycles. The zero-order valence-corrected chi connectivity index (χ0v) is 8.31. The normalized spacial score (nSPS) is 25.8. The molecule has 2 heteroatoms. The Morgan fingerprint density at radius 1 is 1.50 bits per heavy atom. The molecular formula is C10H21NO. The quantitative estimate of drug-likeness (QED) is 0.704. The van der Waals surface area contributed by atoms with Crippen LogP contribution in [0.4, 0.5) is 0 Å². The first-order valence-electron chi connectivity index (χ1n) is 4.94. The Morgan fingerprint density at radius 3 is 2.75 bits per heavy atom. The van der Waals surface area contributed by atoms with Gasteiger partial charge in [-0.1, -0.05) is 0 Å². The van der Waals surface area contributed by atoms with E-state index in [1.54, 1.807) is 0 Å². The average Bonchev–Trinajstić information content (AvgIpc) is 2.02. The van der Waals surface area contributed by atoms with Crippen molar-refractivity contribution >= 4 is 0 Å². The highest BCUT2D eigenvalue weighted by atomic mass is 16.5. The fourth-order valence-electron chi connectivity index (χ4n) is 1.61. The standard InChI is InChI=1S/C10H21NO/c1-10(2,11)6-5-9-4-3-7-12-8-9/h9H,3-8,11H2,1-2H3. The second-order valence-corrected chi connectivity index (χ2v) is 4.61. The van der Waals surface area contributed by atoms with Crippen LogP contribution in [0.3, 0.4) is 0 Å². The monoisotopic (exact) mass is 171 g/mol. The second-order valence-electron chi connectivity index (χ2n) is 4.61. The Bertz CT molecular complexity index is 122. The summed E-state index contributed by atoms with van der Waals surface area (Å²) >= 11 is 0. The number of ether oxygens (including phenoxy) is 1. The van der Waals surface area contributed by atoms with E-state index in [0.717, 1.165) is 25.6 Å². The van der Waals surface area contributed by atoms with Crippen molar-refractivity contribution in [2.45, 2.75) is 45.1 Å². The molecule has 1 rings (SSSR count). The molecule has 0 amide bonds. The fourth-order valence-corrected chi connectivity index (χ4v) is 1.61. The maximum absolute atomic E-state index is 5.91. The molecule has 1 heterocycles. The van der Waals surface area contributed by atoms with Crippen LogP contribution < -0.4 is 5.73 Å². The van der Waals surface area contributed by atoms with Crippen LogP contribution in [0.1, 0.15) is 39.5 Å². The van der Waals surface area contributed by atoms with Crippen molar-refractivity contribution in [3.05, 3.63) is 0 Å². The number of nitrogens with two attached hydrogens (primary N) is 1. The Balaban J connectivity index is 2.13. The van der Waals surface area contributed by atoms with E-state index < -0.39 is 0 Å². The van der Waals surface area contributed by atoms with Gasteiger partial charge in [0.25, 0.3) is 0 Å². The highest BCUT2D eigenvalue weighted by Crippen LogP contribution is 2.21. The van der Waals surface area contributed by atoms with E-state index in [-0.39, 0.29) is 5.54 Å².